The normalized spacial score (nSPS) is 17.4. The molecule has 1 aliphatic heterocycles. The van der Waals surface area contributed by atoms with Gasteiger partial charge in [-0.15, -0.1) is 0 Å². The number of hydrogen-bond donors (Lipinski definition) is 1. The van der Waals surface area contributed by atoms with Crippen molar-refractivity contribution in [2.24, 2.45) is 5.92 Å². The average molecular weight is 344 g/mol. The molecule has 1 N–H and O–H groups in total. The van der Waals surface area contributed by atoms with Crippen LogP contribution in [0.4, 0.5) is 0 Å². The number of furan rings is 1. The van der Waals surface area contributed by atoms with E-state index >= 15 is 0 Å². The van der Waals surface area contributed by atoms with Gasteiger partial charge in [0.15, 0.2) is 11.5 Å². The maximum absolute atomic E-state index is 12.4. The van der Waals surface area contributed by atoms with Crippen LogP contribution in [0.1, 0.15) is 36.3 Å². The topological polar surface area (TPSA) is 73.6 Å². The highest BCUT2D eigenvalue weighted by atomic mass is 16.7. The second kappa shape index (κ2) is 7.37. The third-order valence-electron chi connectivity index (χ3n) is 4.33. The van der Waals surface area contributed by atoms with Gasteiger partial charge in [-0.2, -0.15) is 0 Å². The van der Waals surface area contributed by atoms with Crippen molar-refractivity contribution in [3.05, 3.63) is 41.8 Å². The van der Waals surface area contributed by atoms with Crippen LogP contribution >= 0.6 is 0 Å². The van der Waals surface area contributed by atoms with E-state index < -0.39 is 5.79 Å². The molecule has 2 aromatic heterocycles. The predicted octanol–water partition coefficient (Wildman–Crippen LogP) is 3.17. The molecular formula is C19H24N2O4. The summed E-state index contributed by atoms with van der Waals surface area (Å²) in [4.78, 5) is 16.9. The summed E-state index contributed by atoms with van der Waals surface area (Å²) in [5.74, 6) is 0.268. The van der Waals surface area contributed by atoms with Crippen LogP contribution in [0.25, 0.3) is 11.5 Å². The molecular weight excluding hydrogens is 320 g/mol. The molecule has 0 saturated carbocycles. The number of aryl methyl sites for hydroxylation is 1. The van der Waals surface area contributed by atoms with Crippen molar-refractivity contribution >= 4 is 5.91 Å². The van der Waals surface area contributed by atoms with E-state index in [1.807, 2.05) is 26.0 Å². The van der Waals surface area contributed by atoms with Gasteiger partial charge in [-0.3, -0.25) is 4.79 Å². The largest absolute Gasteiger partial charge is 0.463 e. The summed E-state index contributed by atoms with van der Waals surface area (Å²) in [6.45, 7) is 7.65. The smallest absolute Gasteiger partial charge is 0.253 e. The van der Waals surface area contributed by atoms with Crippen molar-refractivity contribution in [2.75, 3.05) is 19.8 Å². The van der Waals surface area contributed by atoms with Gasteiger partial charge >= 0.3 is 0 Å². The van der Waals surface area contributed by atoms with Gasteiger partial charge in [0.1, 0.15) is 5.69 Å². The molecule has 1 amide bonds. The maximum Gasteiger partial charge on any atom is 0.253 e. The van der Waals surface area contributed by atoms with Gasteiger partial charge in [-0.25, -0.2) is 4.98 Å². The standard InChI is InChI=1S/C19H24N2O4/c1-13(11-19(3)24-9-10-25-19)12-20-18(22)15-6-7-16(21-14(15)2)17-5-4-8-23-17/h4-8,13H,9-12H2,1-3H3,(H,20,22)/t13-/m1/s1. The van der Waals surface area contributed by atoms with Gasteiger partial charge in [-0.05, 0) is 44.0 Å². The quantitative estimate of drug-likeness (QED) is 0.871. The minimum absolute atomic E-state index is 0.124. The number of aromatic nitrogens is 1. The van der Waals surface area contributed by atoms with Crippen LogP contribution in [0.15, 0.2) is 34.9 Å². The van der Waals surface area contributed by atoms with Crippen molar-refractivity contribution in [1.29, 1.82) is 0 Å². The van der Waals surface area contributed by atoms with Crippen molar-refractivity contribution in [2.45, 2.75) is 33.0 Å². The number of hydrogen-bond acceptors (Lipinski definition) is 5. The Bertz CT molecular complexity index is 721. The SMILES string of the molecule is Cc1nc(-c2ccco2)ccc1C(=O)NC[C@H](C)CC1(C)OCCO1. The number of amides is 1. The predicted molar refractivity (Wildman–Crippen MR) is 93.1 cm³/mol. The summed E-state index contributed by atoms with van der Waals surface area (Å²) in [6.07, 6.45) is 2.34. The lowest BCUT2D eigenvalue weighted by molar-refractivity contribution is -0.153. The molecule has 0 bridgehead atoms. The fourth-order valence-corrected chi connectivity index (χ4v) is 3.10. The second-order valence-electron chi connectivity index (χ2n) is 6.66. The van der Waals surface area contributed by atoms with E-state index in [2.05, 4.69) is 17.2 Å². The van der Waals surface area contributed by atoms with Crippen LogP contribution in [0.5, 0.6) is 0 Å². The lowest BCUT2D eigenvalue weighted by atomic mass is 10.0. The number of carbonyl (C=O) groups excluding carboxylic acids is 1. The molecule has 0 unspecified atom stereocenters. The van der Waals surface area contributed by atoms with E-state index in [0.29, 0.717) is 36.8 Å². The molecule has 0 aliphatic carbocycles. The van der Waals surface area contributed by atoms with Gasteiger partial charge < -0.3 is 19.2 Å². The molecule has 6 nitrogen and oxygen atoms in total. The molecule has 1 saturated heterocycles. The molecule has 1 fully saturated rings. The Morgan fingerprint density at radius 3 is 2.72 bits per heavy atom. The molecule has 0 aromatic carbocycles. The minimum Gasteiger partial charge on any atom is -0.463 e. The van der Waals surface area contributed by atoms with E-state index in [0.717, 1.165) is 12.1 Å². The first-order valence-electron chi connectivity index (χ1n) is 8.54. The first-order chi connectivity index (χ1) is 12.0. The van der Waals surface area contributed by atoms with Crippen LogP contribution < -0.4 is 5.32 Å². The lowest BCUT2D eigenvalue weighted by Crippen LogP contribution is -2.34. The third-order valence-corrected chi connectivity index (χ3v) is 4.33. The van der Waals surface area contributed by atoms with Crippen LogP contribution in [0.3, 0.4) is 0 Å². The van der Waals surface area contributed by atoms with Crippen molar-refractivity contribution in [1.82, 2.24) is 10.3 Å². The highest BCUT2D eigenvalue weighted by Gasteiger charge is 2.32. The highest BCUT2D eigenvalue weighted by Crippen LogP contribution is 2.26. The number of pyridine rings is 1. The fraction of sp³-hybridized carbons (Fsp3) is 0.474. The Morgan fingerprint density at radius 2 is 2.08 bits per heavy atom. The molecule has 0 spiro atoms. The minimum atomic E-state index is -0.535. The van der Waals surface area contributed by atoms with Gasteiger partial charge in [-0.1, -0.05) is 6.92 Å². The molecule has 3 heterocycles. The monoisotopic (exact) mass is 344 g/mol. The molecule has 1 aliphatic rings. The summed E-state index contributed by atoms with van der Waals surface area (Å²) in [7, 11) is 0. The van der Waals surface area contributed by atoms with Crippen molar-refractivity contribution < 1.29 is 18.7 Å². The molecule has 134 valence electrons. The fourth-order valence-electron chi connectivity index (χ4n) is 3.10. The molecule has 6 heteroatoms. The van der Waals surface area contributed by atoms with E-state index in [1.165, 1.54) is 0 Å². The van der Waals surface area contributed by atoms with Crippen LogP contribution in [-0.4, -0.2) is 36.4 Å². The first-order valence-corrected chi connectivity index (χ1v) is 8.54. The number of ether oxygens (including phenoxy) is 2. The maximum atomic E-state index is 12.4. The lowest BCUT2D eigenvalue weighted by Gasteiger charge is -2.26. The van der Waals surface area contributed by atoms with E-state index in [4.69, 9.17) is 13.9 Å². The zero-order valence-electron chi connectivity index (χ0n) is 14.9. The van der Waals surface area contributed by atoms with Gasteiger partial charge in [0.2, 0.25) is 0 Å². The Hall–Kier alpha value is -2.18. The highest BCUT2D eigenvalue weighted by molar-refractivity contribution is 5.95. The summed E-state index contributed by atoms with van der Waals surface area (Å²) < 4.78 is 16.6. The zero-order chi connectivity index (χ0) is 17.9. The molecule has 1 atom stereocenters. The van der Waals surface area contributed by atoms with Gasteiger partial charge in [0.25, 0.3) is 5.91 Å². The molecule has 0 radical (unpaired) electrons. The summed E-state index contributed by atoms with van der Waals surface area (Å²) in [6, 6.07) is 7.24. The number of rotatable bonds is 6. The average Bonchev–Trinajstić information content (AvgIpc) is 3.24. The van der Waals surface area contributed by atoms with Gasteiger partial charge in [0, 0.05) is 13.0 Å². The zero-order valence-corrected chi connectivity index (χ0v) is 14.9. The van der Waals surface area contributed by atoms with Crippen LogP contribution in [-0.2, 0) is 9.47 Å². The van der Waals surface area contributed by atoms with E-state index in [-0.39, 0.29) is 11.8 Å². The van der Waals surface area contributed by atoms with Gasteiger partial charge in [0.05, 0.1) is 30.7 Å². The summed E-state index contributed by atoms with van der Waals surface area (Å²) >= 11 is 0. The number of carbonyl (C=O) groups is 1. The molecule has 25 heavy (non-hydrogen) atoms. The third kappa shape index (κ3) is 4.27. The van der Waals surface area contributed by atoms with E-state index in [9.17, 15) is 4.79 Å². The Kier molecular flexibility index (Phi) is 5.20. The Morgan fingerprint density at radius 1 is 1.32 bits per heavy atom. The second-order valence-corrected chi connectivity index (χ2v) is 6.66. The Labute approximate surface area is 147 Å². The Balaban J connectivity index is 1.57. The van der Waals surface area contributed by atoms with Crippen molar-refractivity contribution in [3.8, 4) is 11.5 Å². The first kappa shape index (κ1) is 17.6. The van der Waals surface area contributed by atoms with Crippen molar-refractivity contribution in [3.63, 3.8) is 0 Å². The summed E-state index contributed by atoms with van der Waals surface area (Å²) in [5.41, 5.74) is 1.96. The van der Waals surface area contributed by atoms with Crippen LogP contribution in [0, 0.1) is 12.8 Å². The number of nitrogens with zero attached hydrogens (tertiary/aromatic N) is 1. The molecule has 2 aromatic rings. The molecule has 3 rings (SSSR count). The number of nitrogens with one attached hydrogen (secondary N) is 1. The summed E-state index contributed by atoms with van der Waals surface area (Å²) in [5, 5.41) is 2.97. The van der Waals surface area contributed by atoms with E-state index in [1.54, 1.807) is 18.4 Å². The van der Waals surface area contributed by atoms with Crippen LogP contribution in [0.2, 0.25) is 0 Å².